The van der Waals surface area contributed by atoms with Gasteiger partial charge in [0.2, 0.25) is 0 Å². The number of anilines is 1. The number of hydrogen-bond acceptors (Lipinski definition) is 5. The summed E-state index contributed by atoms with van der Waals surface area (Å²) in [6.07, 6.45) is -0.995. The number of methoxy groups -OCH3 is 1. The fraction of sp³-hybridized carbons (Fsp3) is 0.211. The van der Waals surface area contributed by atoms with Crippen molar-refractivity contribution in [3.05, 3.63) is 59.2 Å². The maximum Gasteiger partial charge on any atom is 0.339 e. The summed E-state index contributed by atoms with van der Waals surface area (Å²) in [5, 5.41) is 11.5. The highest BCUT2D eigenvalue weighted by molar-refractivity contribution is 5.97. The van der Waals surface area contributed by atoms with Gasteiger partial charge < -0.3 is 14.8 Å². The lowest BCUT2D eigenvalue weighted by molar-refractivity contribution is -0.123. The van der Waals surface area contributed by atoms with E-state index in [1.165, 1.54) is 20.1 Å². The molecule has 6 nitrogen and oxygen atoms in total. The number of hydrogen-bond donors (Lipinski definition) is 1. The number of esters is 1. The molecule has 1 amide bonds. The maximum atomic E-state index is 12.2. The largest absolute Gasteiger partial charge is 0.496 e. The van der Waals surface area contributed by atoms with E-state index in [4.69, 9.17) is 14.7 Å². The Bertz CT molecular complexity index is 840. The Kier molecular flexibility index (Phi) is 5.75. The highest BCUT2D eigenvalue weighted by Crippen LogP contribution is 2.20. The van der Waals surface area contributed by atoms with E-state index < -0.39 is 18.0 Å². The lowest BCUT2D eigenvalue weighted by Gasteiger charge is -2.14. The van der Waals surface area contributed by atoms with Gasteiger partial charge in [-0.1, -0.05) is 12.1 Å². The molecule has 1 atom stereocenters. The van der Waals surface area contributed by atoms with Crippen LogP contribution in [0.4, 0.5) is 5.69 Å². The molecule has 0 radical (unpaired) electrons. The van der Waals surface area contributed by atoms with Gasteiger partial charge in [0.25, 0.3) is 5.91 Å². The molecule has 0 aliphatic heterocycles. The zero-order valence-electron chi connectivity index (χ0n) is 14.2. The molecule has 0 saturated heterocycles. The van der Waals surface area contributed by atoms with Crippen LogP contribution in [0.3, 0.4) is 0 Å². The smallest absolute Gasteiger partial charge is 0.339 e. The van der Waals surface area contributed by atoms with Gasteiger partial charge in [-0.05, 0) is 49.7 Å². The van der Waals surface area contributed by atoms with Crippen molar-refractivity contribution < 1.29 is 19.1 Å². The first-order chi connectivity index (χ1) is 11.9. The molecular weight excluding hydrogens is 320 g/mol. The summed E-state index contributed by atoms with van der Waals surface area (Å²) in [5.74, 6) is -0.533. The first-order valence-electron chi connectivity index (χ1n) is 7.61. The van der Waals surface area contributed by atoms with Crippen molar-refractivity contribution >= 4 is 17.6 Å². The van der Waals surface area contributed by atoms with Crippen LogP contribution in [0.2, 0.25) is 0 Å². The van der Waals surface area contributed by atoms with E-state index in [1.54, 1.807) is 36.4 Å². The average Bonchev–Trinajstić information content (AvgIpc) is 2.62. The molecule has 0 aliphatic carbocycles. The first-order valence-corrected chi connectivity index (χ1v) is 7.61. The lowest BCUT2D eigenvalue weighted by Crippen LogP contribution is -2.30. The van der Waals surface area contributed by atoms with Crippen LogP contribution in [-0.2, 0) is 9.53 Å². The Balaban J connectivity index is 2.03. The third-order valence-electron chi connectivity index (χ3n) is 3.56. The number of rotatable bonds is 5. The van der Waals surface area contributed by atoms with Crippen molar-refractivity contribution in [2.75, 3.05) is 12.4 Å². The molecule has 2 aromatic carbocycles. The van der Waals surface area contributed by atoms with Gasteiger partial charge >= 0.3 is 5.97 Å². The molecule has 128 valence electrons. The molecule has 25 heavy (non-hydrogen) atoms. The van der Waals surface area contributed by atoms with Gasteiger partial charge in [0.1, 0.15) is 5.75 Å². The quantitative estimate of drug-likeness (QED) is 0.847. The van der Waals surface area contributed by atoms with Gasteiger partial charge in [0.05, 0.1) is 24.3 Å². The van der Waals surface area contributed by atoms with Crippen LogP contribution in [0.15, 0.2) is 42.5 Å². The monoisotopic (exact) mass is 338 g/mol. The predicted molar refractivity (Wildman–Crippen MR) is 92.4 cm³/mol. The molecule has 0 saturated carbocycles. The number of benzene rings is 2. The van der Waals surface area contributed by atoms with Crippen LogP contribution in [0.5, 0.6) is 5.75 Å². The van der Waals surface area contributed by atoms with Crippen molar-refractivity contribution in [3.63, 3.8) is 0 Å². The molecule has 0 aliphatic rings. The third kappa shape index (κ3) is 4.58. The fourth-order valence-electron chi connectivity index (χ4n) is 2.14. The zero-order chi connectivity index (χ0) is 18.4. The Morgan fingerprint density at radius 2 is 1.96 bits per heavy atom. The van der Waals surface area contributed by atoms with Crippen LogP contribution in [0.25, 0.3) is 0 Å². The number of aryl methyl sites for hydroxylation is 1. The van der Waals surface area contributed by atoms with Crippen LogP contribution in [0, 0.1) is 18.3 Å². The SMILES string of the molecule is COc1cc(C(=O)O[C@@H](C)C(=O)Nc2cccc(C#N)c2)ccc1C. The Labute approximate surface area is 146 Å². The van der Waals surface area contributed by atoms with Gasteiger partial charge in [-0.3, -0.25) is 4.79 Å². The normalized spacial score (nSPS) is 11.1. The fourth-order valence-corrected chi connectivity index (χ4v) is 2.14. The molecule has 0 heterocycles. The number of nitrogens with one attached hydrogen (secondary N) is 1. The van der Waals surface area contributed by atoms with E-state index in [1.807, 2.05) is 13.0 Å². The first kappa shape index (κ1) is 18.0. The summed E-state index contributed by atoms with van der Waals surface area (Å²) < 4.78 is 10.4. The van der Waals surface area contributed by atoms with Crippen LogP contribution >= 0.6 is 0 Å². The number of carbonyl (C=O) groups excluding carboxylic acids is 2. The number of nitriles is 1. The Morgan fingerprint density at radius 1 is 1.20 bits per heavy atom. The molecule has 2 aromatic rings. The van der Waals surface area contributed by atoms with Crippen molar-refractivity contribution in [1.29, 1.82) is 5.26 Å². The summed E-state index contributed by atoms with van der Waals surface area (Å²) in [6.45, 7) is 3.34. The summed E-state index contributed by atoms with van der Waals surface area (Å²) >= 11 is 0. The van der Waals surface area contributed by atoms with E-state index >= 15 is 0 Å². The Morgan fingerprint density at radius 3 is 2.64 bits per heavy atom. The molecule has 0 fully saturated rings. The van der Waals surface area contributed by atoms with E-state index in [0.717, 1.165) is 5.56 Å². The molecule has 6 heteroatoms. The number of ether oxygens (including phenoxy) is 2. The summed E-state index contributed by atoms with van der Waals surface area (Å²) in [6, 6.07) is 13.4. The molecular formula is C19H18N2O4. The Hall–Kier alpha value is -3.33. The van der Waals surface area contributed by atoms with Crippen molar-refractivity contribution in [1.82, 2.24) is 0 Å². The van der Waals surface area contributed by atoms with Crippen molar-refractivity contribution in [2.24, 2.45) is 0 Å². The molecule has 0 spiro atoms. The zero-order valence-corrected chi connectivity index (χ0v) is 14.2. The van der Waals surface area contributed by atoms with Crippen molar-refractivity contribution in [2.45, 2.75) is 20.0 Å². The summed E-state index contributed by atoms with van der Waals surface area (Å²) in [4.78, 5) is 24.4. The van der Waals surface area contributed by atoms with Crippen LogP contribution in [0.1, 0.15) is 28.4 Å². The van der Waals surface area contributed by atoms with Gasteiger partial charge in [0, 0.05) is 5.69 Å². The summed E-state index contributed by atoms with van der Waals surface area (Å²) in [5.41, 5.74) is 2.08. The average molecular weight is 338 g/mol. The standard InChI is InChI=1S/C19H18N2O4/c1-12-7-8-15(10-17(12)24-3)19(23)25-13(2)18(22)21-16-6-4-5-14(9-16)11-20/h4-10,13H,1-3H3,(H,21,22)/t13-/m0/s1. The number of nitrogens with zero attached hydrogens (tertiary/aromatic N) is 1. The van der Waals surface area contributed by atoms with E-state index in [-0.39, 0.29) is 0 Å². The minimum absolute atomic E-state index is 0.300. The van der Waals surface area contributed by atoms with Crippen molar-refractivity contribution in [3.8, 4) is 11.8 Å². The lowest BCUT2D eigenvalue weighted by atomic mass is 10.1. The topological polar surface area (TPSA) is 88.4 Å². The minimum Gasteiger partial charge on any atom is -0.496 e. The number of amides is 1. The second-order valence-electron chi connectivity index (χ2n) is 5.41. The molecule has 0 unspecified atom stereocenters. The third-order valence-corrected chi connectivity index (χ3v) is 3.56. The van der Waals surface area contributed by atoms with Crippen LogP contribution in [-0.4, -0.2) is 25.1 Å². The molecule has 0 aromatic heterocycles. The summed E-state index contributed by atoms with van der Waals surface area (Å²) in [7, 11) is 1.52. The predicted octanol–water partition coefficient (Wildman–Crippen LogP) is 3.06. The molecule has 0 bridgehead atoms. The van der Waals surface area contributed by atoms with Gasteiger partial charge in [-0.2, -0.15) is 5.26 Å². The number of carbonyl (C=O) groups is 2. The van der Waals surface area contributed by atoms with Gasteiger partial charge in [0.15, 0.2) is 6.10 Å². The van der Waals surface area contributed by atoms with E-state index in [2.05, 4.69) is 5.32 Å². The van der Waals surface area contributed by atoms with E-state index in [9.17, 15) is 9.59 Å². The highest BCUT2D eigenvalue weighted by Gasteiger charge is 2.20. The second-order valence-corrected chi connectivity index (χ2v) is 5.41. The second kappa shape index (κ2) is 7.97. The maximum absolute atomic E-state index is 12.2. The van der Waals surface area contributed by atoms with Gasteiger partial charge in [-0.25, -0.2) is 4.79 Å². The van der Waals surface area contributed by atoms with Crippen LogP contribution < -0.4 is 10.1 Å². The minimum atomic E-state index is -0.995. The van der Waals surface area contributed by atoms with Gasteiger partial charge in [-0.15, -0.1) is 0 Å². The molecule has 2 rings (SSSR count). The van der Waals surface area contributed by atoms with E-state index in [0.29, 0.717) is 22.6 Å². The highest BCUT2D eigenvalue weighted by atomic mass is 16.5. The molecule has 1 N–H and O–H groups in total.